The van der Waals surface area contributed by atoms with Crippen LogP contribution in [0.2, 0.25) is 0 Å². The zero-order valence-electron chi connectivity index (χ0n) is 15.4. The first-order valence-electron chi connectivity index (χ1n) is 8.91. The topological polar surface area (TPSA) is 21.7 Å². The molecule has 132 valence electrons. The molecule has 3 rings (SSSR count). The number of benzene rings is 2. The Labute approximate surface area is 150 Å². The summed E-state index contributed by atoms with van der Waals surface area (Å²) in [6, 6.07) is 14.6. The molecule has 1 heterocycles. The van der Waals surface area contributed by atoms with Crippen LogP contribution in [-0.4, -0.2) is 24.7 Å². The van der Waals surface area contributed by atoms with Gasteiger partial charge in [0.2, 0.25) is 0 Å². The van der Waals surface area contributed by atoms with E-state index in [-0.39, 0.29) is 0 Å². The molecule has 0 amide bonds. The van der Waals surface area contributed by atoms with Gasteiger partial charge in [0.15, 0.2) is 0 Å². The van der Waals surface area contributed by atoms with Crippen molar-refractivity contribution in [3.05, 3.63) is 76.4 Å². The fourth-order valence-corrected chi connectivity index (χ4v) is 3.58. The maximum absolute atomic E-state index is 5.44. The molecule has 0 aromatic heterocycles. The van der Waals surface area contributed by atoms with Crippen molar-refractivity contribution in [1.82, 2.24) is 4.90 Å². The van der Waals surface area contributed by atoms with E-state index in [1.54, 1.807) is 0 Å². The lowest BCUT2D eigenvalue weighted by Crippen LogP contribution is -2.32. The van der Waals surface area contributed by atoms with Crippen LogP contribution < -0.4 is 0 Å². The summed E-state index contributed by atoms with van der Waals surface area (Å²) in [5.74, 6) is 0. The Morgan fingerprint density at radius 3 is 2.40 bits per heavy atom. The molecule has 0 saturated carbocycles. The van der Waals surface area contributed by atoms with E-state index < -0.39 is 0 Å². The van der Waals surface area contributed by atoms with E-state index in [1.807, 2.05) is 30.3 Å². The molecule has 0 bridgehead atoms. The Morgan fingerprint density at radius 2 is 1.68 bits per heavy atom. The molecule has 0 fully saturated rings. The summed E-state index contributed by atoms with van der Waals surface area (Å²) in [6.07, 6.45) is 3.41. The lowest BCUT2D eigenvalue weighted by molar-refractivity contribution is -0.323. The molecule has 0 spiro atoms. The summed E-state index contributed by atoms with van der Waals surface area (Å²) in [6.45, 7) is 9.44. The van der Waals surface area contributed by atoms with Gasteiger partial charge in [-0.1, -0.05) is 54.1 Å². The molecule has 0 unspecified atom stereocenters. The first kappa shape index (κ1) is 17.9. The highest BCUT2D eigenvalue weighted by atomic mass is 17.2. The van der Waals surface area contributed by atoms with Crippen LogP contribution in [0, 0.1) is 20.8 Å². The van der Waals surface area contributed by atoms with E-state index in [2.05, 4.69) is 43.9 Å². The molecular weight excluding hydrogens is 310 g/mol. The highest BCUT2D eigenvalue weighted by molar-refractivity contribution is 5.73. The number of hydrogen-bond donors (Lipinski definition) is 0. The van der Waals surface area contributed by atoms with Crippen molar-refractivity contribution < 1.29 is 9.78 Å². The average molecular weight is 337 g/mol. The lowest BCUT2D eigenvalue weighted by atomic mass is 9.91. The number of nitrogens with zero attached hydrogens (tertiary/aromatic N) is 1. The Kier molecular flexibility index (Phi) is 6.03. The van der Waals surface area contributed by atoms with E-state index in [4.69, 9.17) is 9.78 Å². The van der Waals surface area contributed by atoms with Gasteiger partial charge in [0.1, 0.15) is 13.3 Å². The largest absolute Gasteiger partial charge is 0.274 e. The van der Waals surface area contributed by atoms with Crippen molar-refractivity contribution in [2.75, 3.05) is 19.8 Å². The Morgan fingerprint density at radius 1 is 0.960 bits per heavy atom. The van der Waals surface area contributed by atoms with Crippen molar-refractivity contribution in [2.24, 2.45) is 0 Å². The van der Waals surface area contributed by atoms with Gasteiger partial charge >= 0.3 is 0 Å². The standard InChI is InChI=1S/C22H27NO2/c1-17-12-18(2)22(19(3)13-17)21-10-7-11-23(14-21)16-25-24-15-20-8-5-4-6-9-20/h4-6,8-10,12-13H,7,11,14-16H2,1-3H3. The summed E-state index contributed by atoms with van der Waals surface area (Å²) < 4.78 is 0. The van der Waals surface area contributed by atoms with Crippen LogP contribution >= 0.6 is 0 Å². The molecule has 0 N–H and O–H groups in total. The van der Waals surface area contributed by atoms with Gasteiger partial charge < -0.3 is 0 Å². The maximum atomic E-state index is 5.44. The van der Waals surface area contributed by atoms with Crippen LogP contribution in [0.3, 0.4) is 0 Å². The van der Waals surface area contributed by atoms with Gasteiger partial charge in [-0.25, -0.2) is 9.78 Å². The Hall–Kier alpha value is -1.94. The minimum atomic E-state index is 0.480. The molecule has 1 aliphatic heterocycles. The monoisotopic (exact) mass is 337 g/mol. The van der Waals surface area contributed by atoms with E-state index in [9.17, 15) is 0 Å². The molecule has 2 aromatic rings. The third-order valence-corrected chi connectivity index (χ3v) is 4.62. The minimum Gasteiger partial charge on any atom is -0.274 e. The fraction of sp³-hybridized carbons (Fsp3) is 0.364. The zero-order chi connectivity index (χ0) is 17.6. The number of rotatable bonds is 6. The van der Waals surface area contributed by atoms with Crippen molar-refractivity contribution in [3.63, 3.8) is 0 Å². The Bertz CT molecular complexity index is 714. The number of aryl methyl sites for hydroxylation is 3. The molecule has 0 atom stereocenters. The van der Waals surface area contributed by atoms with Crippen LogP contribution in [0.1, 0.15) is 34.2 Å². The SMILES string of the molecule is Cc1cc(C)c(C2=CCCN(COOCc3ccccc3)C2)c(C)c1. The average Bonchev–Trinajstić information content (AvgIpc) is 2.59. The highest BCUT2D eigenvalue weighted by Gasteiger charge is 2.17. The van der Waals surface area contributed by atoms with Gasteiger partial charge in [-0.3, -0.25) is 4.90 Å². The maximum Gasteiger partial charge on any atom is 0.135 e. The fourth-order valence-electron chi connectivity index (χ4n) is 3.58. The van der Waals surface area contributed by atoms with Crippen LogP contribution in [0.15, 0.2) is 48.5 Å². The van der Waals surface area contributed by atoms with Gasteiger partial charge in [0, 0.05) is 13.1 Å². The molecule has 0 saturated heterocycles. The van der Waals surface area contributed by atoms with Crippen molar-refractivity contribution in [3.8, 4) is 0 Å². The number of hydrogen-bond acceptors (Lipinski definition) is 3. The van der Waals surface area contributed by atoms with E-state index in [1.165, 1.54) is 27.8 Å². The van der Waals surface area contributed by atoms with Gasteiger partial charge in [-0.15, -0.1) is 0 Å². The summed E-state index contributed by atoms with van der Waals surface area (Å²) in [7, 11) is 0. The molecule has 2 aromatic carbocycles. The van der Waals surface area contributed by atoms with Gasteiger partial charge in [-0.05, 0) is 55.0 Å². The van der Waals surface area contributed by atoms with Crippen LogP contribution in [0.25, 0.3) is 5.57 Å². The van der Waals surface area contributed by atoms with Crippen LogP contribution in [0.5, 0.6) is 0 Å². The van der Waals surface area contributed by atoms with Gasteiger partial charge in [0.25, 0.3) is 0 Å². The van der Waals surface area contributed by atoms with Crippen LogP contribution in [0.4, 0.5) is 0 Å². The third-order valence-electron chi connectivity index (χ3n) is 4.62. The molecule has 0 radical (unpaired) electrons. The first-order valence-corrected chi connectivity index (χ1v) is 8.91. The molecule has 0 aliphatic carbocycles. The van der Waals surface area contributed by atoms with Crippen molar-refractivity contribution >= 4 is 5.57 Å². The highest BCUT2D eigenvalue weighted by Crippen LogP contribution is 2.27. The first-order chi connectivity index (χ1) is 12.1. The lowest BCUT2D eigenvalue weighted by Gasteiger charge is -2.28. The molecule has 1 aliphatic rings. The van der Waals surface area contributed by atoms with Crippen LogP contribution in [-0.2, 0) is 16.4 Å². The predicted molar refractivity (Wildman–Crippen MR) is 102 cm³/mol. The van der Waals surface area contributed by atoms with E-state index in [0.717, 1.165) is 25.1 Å². The Balaban J connectivity index is 1.54. The third kappa shape index (κ3) is 4.79. The predicted octanol–water partition coefficient (Wildman–Crippen LogP) is 4.81. The van der Waals surface area contributed by atoms with Crippen molar-refractivity contribution in [2.45, 2.75) is 33.8 Å². The second-order valence-corrected chi connectivity index (χ2v) is 6.84. The molecule has 3 nitrogen and oxygen atoms in total. The molecular formula is C22H27NO2. The van der Waals surface area contributed by atoms with Crippen molar-refractivity contribution in [1.29, 1.82) is 0 Å². The summed E-state index contributed by atoms with van der Waals surface area (Å²) in [5, 5.41) is 0. The smallest absolute Gasteiger partial charge is 0.135 e. The summed E-state index contributed by atoms with van der Waals surface area (Å²) in [4.78, 5) is 13.1. The zero-order valence-corrected chi connectivity index (χ0v) is 15.4. The summed E-state index contributed by atoms with van der Waals surface area (Å²) >= 11 is 0. The van der Waals surface area contributed by atoms with E-state index in [0.29, 0.717) is 13.3 Å². The quantitative estimate of drug-likeness (QED) is 0.429. The second kappa shape index (κ2) is 8.43. The van der Waals surface area contributed by atoms with Gasteiger partial charge in [-0.2, -0.15) is 0 Å². The molecule has 25 heavy (non-hydrogen) atoms. The normalized spacial score (nSPS) is 15.2. The second-order valence-electron chi connectivity index (χ2n) is 6.84. The summed E-state index contributed by atoms with van der Waals surface area (Å²) in [5.41, 5.74) is 7.93. The van der Waals surface area contributed by atoms with Gasteiger partial charge in [0.05, 0.1) is 0 Å². The van der Waals surface area contributed by atoms with E-state index >= 15 is 0 Å². The molecule has 3 heteroatoms. The minimum absolute atomic E-state index is 0.480.